The Bertz CT molecular complexity index is 1220. The van der Waals surface area contributed by atoms with Gasteiger partial charge >= 0.3 is 0 Å². The van der Waals surface area contributed by atoms with E-state index in [0.717, 1.165) is 28.1 Å². The largest absolute Gasteiger partial charge is 0.484 e. The number of aliphatic imine (C=N–C) groups is 1. The van der Waals surface area contributed by atoms with Crippen molar-refractivity contribution < 1.29 is 14.3 Å². The van der Waals surface area contributed by atoms with Crippen molar-refractivity contribution in [3.05, 3.63) is 94.4 Å². The molecule has 2 N–H and O–H groups in total. The van der Waals surface area contributed by atoms with E-state index in [1.807, 2.05) is 74.5 Å². The molecule has 0 unspecified atom stereocenters. The van der Waals surface area contributed by atoms with E-state index in [4.69, 9.17) is 4.74 Å². The first-order chi connectivity index (χ1) is 15.9. The van der Waals surface area contributed by atoms with Gasteiger partial charge in [0.15, 0.2) is 11.8 Å². The molecule has 1 aliphatic rings. The minimum Gasteiger partial charge on any atom is -0.484 e. The van der Waals surface area contributed by atoms with Crippen molar-refractivity contribution in [2.45, 2.75) is 13.8 Å². The predicted molar refractivity (Wildman–Crippen MR) is 134 cm³/mol. The zero-order valence-corrected chi connectivity index (χ0v) is 19.1. The Hall–Kier alpha value is -3.84. The summed E-state index contributed by atoms with van der Waals surface area (Å²) < 4.78 is 5.57. The molecule has 0 aliphatic carbocycles. The summed E-state index contributed by atoms with van der Waals surface area (Å²) >= 11 is 1.30. The second kappa shape index (κ2) is 10.2. The van der Waals surface area contributed by atoms with Crippen molar-refractivity contribution in [1.82, 2.24) is 5.32 Å². The lowest BCUT2D eigenvalue weighted by Gasteiger charge is -2.08. The van der Waals surface area contributed by atoms with Crippen LogP contribution in [0, 0.1) is 13.8 Å². The number of benzene rings is 3. The quantitative estimate of drug-likeness (QED) is 0.498. The summed E-state index contributed by atoms with van der Waals surface area (Å²) in [6.07, 6.45) is 1.80. The lowest BCUT2D eigenvalue weighted by Crippen LogP contribution is -2.20. The summed E-state index contributed by atoms with van der Waals surface area (Å²) in [6.45, 7) is 3.91. The number of nitrogens with one attached hydrogen (secondary N) is 2. The van der Waals surface area contributed by atoms with Crippen LogP contribution in [0.3, 0.4) is 0 Å². The van der Waals surface area contributed by atoms with Crippen LogP contribution in [0.2, 0.25) is 0 Å². The molecule has 6 nitrogen and oxygen atoms in total. The number of amides is 2. The van der Waals surface area contributed by atoms with Crippen LogP contribution in [0.1, 0.15) is 16.7 Å². The molecule has 2 amide bonds. The van der Waals surface area contributed by atoms with E-state index in [0.29, 0.717) is 15.8 Å². The molecule has 0 saturated carbocycles. The van der Waals surface area contributed by atoms with E-state index in [-0.39, 0.29) is 18.4 Å². The molecule has 4 rings (SSSR count). The topological polar surface area (TPSA) is 79.8 Å². The molecule has 0 radical (unpaired) electrons. The van der Waals surface area contributed by atoms with Crippen molar-refractivity contribution in [2.75, 3.05) is 11.9 Å². The van der Waals surface area contributed by atoms with Gasteiger partial charge in [-0.1, -0.05) is 47.5 Å². The predicted octanol–water partition coefficient (Wildman–Crippen LogP) is 5.21. The molecule has 1 aliphatic heterocycles. The molecule has 0 aromatic heterocycles. The van der Waals surface area contributed by atoms with Crippen LogP contribution in [-0.4, -0.2) is 23.6 Å². The maximum Gasteiger partial charge on any atom is 0.264 e. The number of aryl methyl sites for hydroxylation is 2. The van der Waals surface area contributed by atoms with Crippen molar-refractivity contribution >= 4 is 46.2 Å². The molecule has 0 atom stereocenters. The van der Waals surface area contributed by atoms with Crippen LogP contribution >= 0.6 is 11.8 Å². The number of nitrogens with zero attached hydrogens (tertiary/aromatic N) is 1. The van der Waals surface area contributed by atoms with Crippen molar-refractivity contribution in [3.63, 3.8) is 0 Å². The van der Waals surface area contributed by atoms with Gasteiger partial charge in [0, 0.05) is 5.69 Å². The normalized spacial score (nSPS) is 15.5. The molecule has 3 aromatic rings. The Morgan fingerprint density at radius 3 is 2.27 bits per heavy atom. The Morgan fingerprint density at radius 1 is 0.970 bits per heavy atom. The van der Waals surface area contributed by atoms with Gasteiger partial charge in [-0.25, -0.2) is 4.99 Å². The molecule has 33 heavy (non-hydrogen) atoms. The Labute approximate surface area is 196 Å². The highest BCUT2D eigenvalue weighted by molar-refractivity contribution is 8.18. The van der Waals surface area contributed by atoms with E-state index >= 15 is 0 Å². The third-order valence-corrected chi connectivity index (χ3v) is 5.71. The van der Waals surface area contributed by atoms with E-state index < -0.39 is 0 Å². The van der Waals surface area contributed by atoms with Gasteiger partial charge in [0.1, 0.15) is 5.75 Å². The highest BCUT2D eigenvalue weighted by Gasteiger charge is 2.23. The fourth-order valence-corrected chi connectivity index (χ4v) is 3.85. The maximum atomic E-state index is 12.3. The van der Waals surface area contributed by atoms with Crippen LogP contribution in [0.5, 0.6) is 5.75 Å². The smallest absolute Gasteiger partial charge is 0.264 e. The average Bonchev–Trinajstić information content (AvgIpc) is 3.15. The second-order valence-corrected chi connectivity index (χ2v) is 8.62. The first-order valence-electron chi connectivity index (χ1n) is 10.4. The van der Waals surface area contributed by atoms with E-state index in [1.54, 1.807) is 18.2 Å². The fraction of sp³-hybridized carbons (Fsp3) is 0.115. The number of anilines is 1. The number of hydrogen-bond acceptors (Lipinski definition) is 5. The molecule has 7 heteroatoms. The van der Waals surface area contributed by atoms with Gasteiger partial charge in [0.2, 0.25) is 0 Å². The summed E-state index contributed by atoms with van der Waals surface area (Å²) in [5.41, 5.74) is 4.65. The van der Waals surface area contributed by atoms with Crippen molar-refractivity contribution in [3.8, 4) is 5.75 Å². The van der Waals surface area contributed by atoms with Gasteiger partial charge in [-0.15, -0.1) is 0 Å². The molecule has 1 heterocycles. The lowest BCUT2D eigenvalue weighted by atomic mass is 10.2. The molecular weight excluding hydrogens is 434 g/mol. The molecular formula is C26H23N3O3S. The van der Waals surface area contributed by atoms with Crippen molar-refractivity contribution in [2.24, 2.45) is 4.99 Å². The maximum absolute atomic E-state index is 12.3. The average molecular weight is 458 g/mol. The Balaban J connectivity index is 1.33. The SMILES string of the molecule is Cc1ccc(N=C2NC(=O)/C(=C/c3ccc(OCC(=O)Nc4ccc(C)cc4)cc3)S2)cc1. The number of hydrogen-bond donors (Lipinski definition) is 2. The van der Waals surface area contributed by atoms with E-state index in [1.165, 1.54) is 11.8 Å². The van der Waals surface area contributed by atoms with Gasteiger partial charge in [-0.2, -0.15) is 0 Å². The number of thioether (sulfide) groups is 1. The van der Waals surface area contributed by atoms with Crippen LogP contribution in [0.4, 0.5) is 11.4 Å². The van der Waals surface area contributed by atoms with Crippen LogP contribution in [-0.2, 0) is 9.59 Å². The zero-order chi connectivity index (χ0) is 23.2. The van der Waals surface area contributed by atoms with Gasteiger partial charge < -0.3 is 15.4 Å². The minimum absolute atomic E-state index is 0.0919. The number of rotatable bonds is 6. The summed E-state index contributed by atoms with van der Waals surface area (Å²) in [5.74, 6) is 0.157. The molecule has 166 valence electrons. The fourth-order valence-electron chi connectivity index (χ4n) is 3.01. The standard InChI is InChI=1S/C26H23N3O3S/c1-17-3-9-20(10-4-17)27-24(30)16-32-22-13-7-19(8-14-22)15-23-25(31)29-26(33-23)28-21-11-5-18(2)6-12-21/h3-15H,16H2,1-2H3,(H,27,30)(H,28,29,31)/b23-15-. The molecule has 1 fully saturated rings. The number of carbonyl (C=O) groups excluding carboxylic acids is 2. The Kier molecular flexibility index (Phi) is 6.90. The molecule has 1 saturated heterocycles. The molecule has 0 spiro atoms. The van der Waals surface area contributed by atoms with Gasteiger partial charge in [-0.3, -0.25) is 9.59 Å². The van der Waals surface area contributed by atoms with E-state index in [2.05, 4.69) is 15.6 Å². The van der Waals surface area contributed by atoms with Gasteiger partial charge in [-0.05, 0) is 73.6 Å². The van der Waals surface area contributed by atoms with Crippen LogP contribution in [0.15, 0.2) is 82.7 Å². The summed E-state index contributed by atoms with van der Waals surface area (Å²) in [5, 5.41) is 6.14. The lowest BCUT2D eigenvalue weighted by molar-refractivity contribution is -0.118. The summed E-state index contributed by atoms with van der Waals surface area (Å²) in [7, 11) is 0. The Morgan fingerprint density at radius 2 is 1.61 bits per heavy atom. The summed E-state index contributed by atoms with van der Waals surface area (Å²) in [6, 6.07) is 22.6. The molecule has 0 bridgehead atoms. The second-order valence-electron chi connectivity index (χ2n) is 7.59. The van der Waals surface area contributed by atoms with Crippen molar-refractivity contribution in [1.29, 1.82) is 0 Å². The number of ether oxygens (including phenoxy) is 1. The van der Waals surface area contributed by atoms with Crippen LogP contribution < -0.4 is 15.4 Å². The number of carbonyl (C=O) groups is 2. The first kappa shape index (κ1) is 22.4. The third-order valence-electron chi connectivity index (χ3n) is 4.80. The summed E-state index contributed by atoms with van der Waals surface area (Å²) in [4.78, 5) is 29.4. The number of amidine groups is 1. The molecule has 3 aromatic carbocycles. The zero-order valence-electron chi connectivity index (χ0n) is 18.3. The van der Waals surface area contributed by atoms with E-state index in [9.17, 15) is 9.59 Å². The minimum atomic E-state index is -0.232. The van der Waals surface area contributed by atoms with Crippen LogP contribution in [0.25, 0.3) is 6.08 Å². The highest BCUT2D eigenvalue weighted by Crippen LogP contribution is 2.28. The van der Waals surface area contributed by atoms with Gasteiger partial charge in [0.05, 0.1) is 10.6 Å². The third kappa shape index (κ3) is 6.33. The van der Waals surface area contributed by atoms with Gasteiger partial charge in [0.25, 0.3) is 11.8 Å². The highest BCUT2D eigenvalue weighted by atomic mass is 32.2. The first-order valence-corrected chi connectivity index (χ1v) is 11.2. The monoisotopic (exact) mass is 457 g/mol.